The van der Waals surface area contributed by atoms with E-state index in [0.29, 0.717) is 17.7 Å². The van der Waals surface area contributed by atoms with Gasteiger partial charge in [0.15, 0.2) is 0 Å². The molecular formula is C14H9Br2FN2. The molecule has 0 radical (unpaired) electrons. The van der Waals surface area contributed by atoms with E-state index in [4.69, 9.17) is 5.26 Å². The average molecular weight is 384 g/mol. The van der Waals surface area contributed by atoms with Gasteiger partial charge in [-0.1, -0.05) is 15.9 Å². The van der Waals surface area contributed by atoms with Gasteiger partial charge in [0.25, 0.3) is 0 Å². The summed E-state index contributed by atoms with van der Waals surface area (Å²) in [5, 5.41) is 11.9. The van der Waals surface area contributed by atoms with Crippen molar-refractivity contribution in [2.75, 3.05) is 5.32 Å². The second kappa shape index (κ2) is 6.18. The summed E-state index contributed by atoms with van der Waals surface area (Å²) >= 11 is 6.69. The number of anilines is 1. The van der Waals surface area contributed by atoms with E-state index in [-0.39, 0.29) is 5.82 Å². The van der Waals surface area contributed by atoms with Gasteiger partial charge < -0.3 is 5.32 Å². The summed E-state index contributed by atoms with van der Waals surface area (Å²) in [7, 11) is 0. The highest BCUT2D eigenvalue weighted by Gasteiger charge is 2.05. The molecule has 0 unspecified atom stereocenters. The van der Waals surface area contributed by atoms with Crippen LogP contribution >= 0.6 is 31.9 Å². The molecule has 0 heterocycles. The summed E-state index contributed by atoms with van der Waals surface area (Å²) in [5.41, 5.74) is 1.97. The van der Waals surface area contributed by atoms with Crippen molar-refractivity contribution in [2.45, 2.75) is 6.54 Å². The van der Waals surface area contributed by atoms with Crippen molar-refractivity contribution in [1.82, 2.24) is 0 Å². The maximum absolute atomic E-state index is 13.6. The molecule has 2 rings (SSSR count). The minimum Gasteiger partial charge on any atom is -0.380 e. The summed E-state index contributed by atoms with van der Waals surface area (Å²) in [4.78, 5) is 0. The van der Waals surface area contributed by atoms with E-state index in [0.717, 1.165) is 14.6 Å². The maximum atomic E-state index is 13.6. The second-order valence-electron chi connectivity index (χ2n) is 3.90. The van der Waals surface area contributed by atoms with Crippen LogP contribution in [0.4, 0.5) is 10.1 Å². The van der Waals surface area contributed by atoms with Gasteiger partial charge in [-0.2, -0.15) is 5.26 Å². The summed E-state index contributed by atoms with van der Waals surface area (Å²) in [6.45, 7) is 0.371. The van der Waals surface area contributed by atoms with Crippen LogP contribution in [-0.4, -0.2) is 0 Å². The zero-order valence-electron chi connectivity index (χ0n) is 9.75. The van der Waals surface area contributed by atoms with E-state index in [2.05, 4.69) is 43.2 Å². The van der Waals surface area contributed by atoms with Crippen molar-refractivity contribution in [1.29, 1.82) is 5.26 Å². The molecule has 2 aromatic carbocycles. The maximum Gasteiger partial charge on any atom is 0.128 e. The molecule has 19 heavy (non-hydrogen) atoms. The van der Waals surface area contributed by atoms with Crippen molar-refractivity contribution in [3.05, 3.63) is 62.3 Å². The van der Waals surface area contributed by atoms with E-state index >= 15 is 0 Å². The lowest BCUT2D eigenvalue weighted by Crippen LogP contribution is -2.02. The Morgan fingerprint density at radius 2 is 1.95 bits per heavy atom. The normalized spacial score (nSPS) is 10.0. The highest BCUT2D eigenvalue weighted by molar-refractivity contribution is 9.10. The van der Waals surface area contributed by atoms with Crippen molar-refractivity contribution in [2.24, 2.45) is 0 Å². The van der Waals surface area contributed by atoms with Gasteiger partial charge in [-0.25, -0.2) is 4.39 Å². The Kier molecular flexibility index (Phi) is 4.56. The Balaban J connectivity index is 2.15. The molecule has 2 aromatic rings. The zero-order valence-corrected chi connectivity index (χ0v) is 12.9. The summed E-state index contributed by atoms with van der Waals surface area (Å²) in [6, 6.07) is 12.1. The van der Waals surface area contributed by atoms with Gasteiger partial charge >= 0.3 is 0 Å². The van der Waals surface area contributed by atoms with Gasteiger partial charge in [0.1, 0.15) is 5.82 Å². The van der Waals surface area contributed by atoms with Crippen LogP contribution in [0.2, 0.25) is 0 Å². The van der Waals surface area contributed by atoms with Crippen molar-refractivity contribution in [3.8, 4) is 6.07 Å². The molecule has 0 aliphatic rings. The number of nitrogens with zero attached hydrogens (tertiary/aromatic N) is 1. The fraction of sp³-hybridized carbons (Fsp3) is 0.0714. The number of nitrogens with one attached hydrogen (secondary N) is 1. The summed E-state index contributed by atoms with van der Waals surface area (Å²) in [5.74, 6) is -0.250. The molecule has 0 spiro atoms. The first-order chi connectivity index (χ1) is 9.10. The zero-order chi connectivity index (χ0) is 13.8. The predicted octanol–water partition coefficient (Wildman–Crippen LogP) is 4.83. The number of rotatable bonds is 3. The molecule has 0 aliphatic carbocycles. The molecule has 2 nitrogen and oxygen atoms in total. The number of benzene rings is 2. The third-order valence-electron chi connectivity index (χ3n) is 2.58. The van der Waals surface area contributed by atoms with Gasteiger partial charge in [-0.15, -0.1) is 0 Å². The number of halogens is 3. The van der Waals surface area contributed by atoms with Gasteiger partial charge in [-0.05, 0) is 52.3 Å². The molecule has 0 aromatic heterocycles. The standard InChI is InChI=1S/C14H9Br2FN2/c15-11-2-3-13(17)10(6-11)8-19-14-4-1-9(7-18)5-12(14)16/h1-6,19H,8H2. The fourth-order valence-corrected chi connectivity index (χ4v) is 2.52. The Labute approximate surface area is 127 Å². The lowest BCUT2D eigenvalue weighted by molar-refractivity contribution is 0.612. The van der Waals surface area contributed by atoms with Crippen LogP contribution in [0.25, 0.3) is 0 Å². The highest BCUT2D eigenvalue weighted by Crippen LogP contribution is 2.24. The first kappa shape index (κ1) is 14.0. The lowest BCUT2D eigenvalue weighted by atomic mass is 10.2. The van der Waals surface area contributed by atoms with Crippen LogP contribution < -0.4 is 5.32 Å². The Hall–Kier alpha value is -1.38. The largest absolute Gasteiger partial charge is 0.380 e. The van der Waals surface area contributed by atoms with Gasteiger partial charge in [0, 0.05) is 26.7 Å². The first-order valence-corrected chi connectivity index (χ1v) is 7.06. The Bertz CT molecular complexity index is 650. The third kappa shape index (κ3) is 3.55. The van der Waals surface area contributed by atoms with Crippen LogP contribution in [0.1, 0.15) is 11.1 Å². The number of hydrogen-bond acceptors (Lipinski definition) is 2. The minimum atomic E-state index is -0.250. The average Bonchev–Trinajstić information content (AvgIpc) is 2.40. The minimum absolute atomic E-state index is 0.250. The predicted molar refractivity (Wildman–Crippen MR) is 80.3 cm³/mol. The SMILES string of the molecule is N#Cc1ccc(NCc2cc(Br)ccc2F)c(Br)c1. The summed E-state index contributed by atoms with van der Waals surface area (Å²) < 4.78 is 15.2. The van der Waals surface area contributed by atoms with E-state index in [1.54, 1.807) is 30.3 Å². The van der Waals surface area contributed by atoms with Crippen LogP contribution in [0.3, 0.4) is 0 Å². The molecular weight excluding hydrogens is 375 g/mol. The monoisotopic (exact) mass is 382 g/mol. The molecule has 1 N–H and O–H groups in total. The van der Waals surface area contributed by atoms with E-state index < -0.39 is 0 Å². The number of hydrogen-bond donors (Lipinski definition) is 1. The quantitative estimate of drug-likeness (QED) is 0.823. The van der Waals surface area contributed by atoms with Gasteiger partial charge in [-0.3, -0.25) is 0 Å². The molecule has 0 saturated carbocycles. The van der Waals surface area contributed by atoms with Crippen LogP contribution in [0, 0.1) is 17.1 Å². The molecule has 0 fully saturated rings. The van der Waals surface area contributed by atoms with E-state index in [1.807, 2.05) is 0 Å². The smallest absolute Gasteiger partial charge is 0.128 e. The Morgan fingerprint density at radius 3 is 2.63 bits per heavy atom. The molecule has 5 heteroatoms. The third-order valence-corrected chi connectivity index (χ3v) is 3.72. The molecule has 0 bridgehead atoms. The highest BCUT2D eigenvalue weighted by atomic mass is 79.9. The molecule has 0 amide bonds. The van der Waals surface area contributed by atoms with Crippen LogP contribution in [0.5, 0.6) is 0 Å². The first-order valence-electron chi connectivity index (χ1n) is 5.47. The molecule has 0 atom stereocenters. The van der Waals surface area contributed by atoms with Gasteiger partial charge in [0.05, 0.1) is 11.6 Å². The van der Waals surface area contributed by atoms with Crippen LogP contribution in [0.15, 0.2) is 45.3 Å². The van der Waals surface area contributed by atoms with Crippen molar-refractivity contribution in [3.63, 3.8) is 0 Å². The second-order valence-corrected chi connectivity index (χ2v) is 5.67. The Morgan fingerprint density at radius 1 is 1.16 bits per heavy atom. The van der Waals surface area contributed by atoms with E-state index in [1.165, 1.54) is 6.07 Å². The van der Waals surface area contributed by atoms with Crippen molar-refractivity contribution < 1.29 is 4.39 Å². The topological polar surface area (TPSA) is 35.8 Å². The molecule has 0 aliphatic heterocycles. The molecule has 0 saturated heterocycles. The fourth-order valence-electron chi connectivity index (χ4n) is 1.60. The summed E-state index contributed by atoms with van der Waals surface area (Å²) in [6.07, 6.45) is 0. The van der Waals surface area contributed by atoms with Gasteiger partial charge in [0.2, 0.25) is 0 Å². The van der Waals surface area contributed by atoms with Crippen LogP contribution in [-0.2, 0) is 6.54 Å². The lowest BCUT2D eigenvalue weighted by Gasteiger charge is -2.10. The van der Waals surface area contributed by atoms with Crippen molar-refractivity contribution >= 4 is 37.5 Å². The van der Waals surface area contributed by atoms with E-state index in [9.17, 15) is 4.39 Å². The molecule has 96 valence electrons. The number of nitriles is 1.